The van der Waals surface area contributed by atoms with Gasteiger partial charge in [0.2, 0.25) is 0 Å². The summed E-state index contributed by atoms with van der Waals surface area (Å²) in [6.45, 7) is 0. The fraction of sp³-hybridized carbons (Fsp3) is 0. The Morgan fingerprint density at radius 3 is 0.923 bits per heavy atom. The molecule has 0 saturated heterocycles. The third kappa shape index (κ3) is 4.12. The van der Waals surface area contributed by atoms with Crippen LogP contribution < -0.4 is 9.80 Å². The number of anilines is 2. The lowest BCUT2D eigenvalue weighted by molar-refractivity contribution is 0.0877. The second-order valence-corrected chi connectivity index (χ2v) is 13.0. The number of carbonyl (C=O) groups excluding carboxylic acids is 4. The molecule has 6 nitrogen and oxygen atoms in total. The molecule has 8 aromatic rings. The maximum atomic E-state index is 13.8. The van der Waals surface area contributed by atoms with Crippen LogP contribution in [0.1, 0.15) is 41.4 Å². The minimum absolute atomic E-state index is 0.349. The van der Waals surface area contributed by atoms with E-state index in [9.17, 15) is 19.2 Å². The molecule has 244 valence electrons. The van der Waals surface area contributed by atoms with E-state index in [2.05, 4.69) is 24.3 Å². The Hall–Kier alpha value is -7.18. The van der Waals surface area contributed by atoms with E-state index in [1.807, 2.05) is 97.1 Å². The van der Waals surface area contributed by atoms with Crippen molar-refractivity contribution in [3.63, 3.8) is 0 Å². The first-order valence-electron chi connectivity index (χ1n) is 17.0. The first-order chi connectivity index (χ1) is 25.5. The maximum absolute atomic E-state index is 13.8. The van der Waals surface area contributed by atoms with Crippen LogP contribution in [-0.4, -0.2) is 23.6 Å². The number of nitrogens with zero attached hydrogens (tertiary/aromatic N) is 2. The monoisotopic (exact) mass is 670 g/mol. The summed E-state index contributed by atoms with van der Waals surface area (Å²) in [4.78, 5) is 57.9. The molecule has 0 saturated carbocycles. The number of imide groups is 2. The Morgan fingerprint density at radius 1 is 0.250 bits per heavy atom. The molecule has 0 fully saturated rings. The summed E-state index contributed by atoms with van der Waals surface area (Å²) < 4.78 is 0. The van der Waals surface area contributed by atoms with Crippen molar-refractivity contribution < 1.29 is 19.2 Å². The molecule has 10 rings (SSSR count). The van der Waals surface area contributed by atoms with Gasteiger partial charge in [-0.25, -0.2) is 9.80 Å². The summed E-state index contributed by atoms with van der Waals surface area (Å²) in [5.74, 6) is -1.39. The fourth-order valence-electron chi connectivity index (χ4n) is 8.05. The molecule has 2 aliphatic rings. The highest BCUT2D eigenvalue weighted by molar-refractivity contribution is 6.38. The first kappa shape index (κ1) is 29.7. The molecule has 6 heteroatoms. The van der Waals surface area contributed by atoms with Crippen LogP contribution in [0.3, 0.4) is 0 Å². The van der Waals surface area contributed by atoms with Crippen LogP contribution in [0.15, 0.2) is 158 Å². The van der Waals surface area contributed by atoms with E-state index in [0.29, 0.717) is 44.4 Å². The molecule has 2 heterocycles. The van der Waals surface area contributed by atoms with E-state index >= 15 is 0 Å². The Balaban J connectivity index is 1.13. The quantitative estimate of drug-likeness (QED) is 0.175. The largest absolute Gasteiger partial charge is 0.268 e. The molecule has 0 spiro atoms. The van der Waals surface area contributed by atoms with Crippen LogP contribution in [0.25, 0.3) is 54.6 Å². The van der Waals surface area contributed by atoms with Crippen LogP contribution in [-0.2, 0) is 0 Å². The summed E-state index contributed by atoms with van der Waals surface area (Å²) in [6, 6.07) is 49.2. The topological polar surface area (TPSA) is 74.8 Å². The van der Waals surface area contributed by atoms with E-state index in [0.717, 1.165) is 43.8 Å². The van der Waals surface area contributed by atoms with Gasteiger partial charge >= 0.3 is 0 Å². The van der Waals surface area contributed by atoms with Crippen molar-refractivity contribution in [2.45, 2.75) is 0 Å². The average Bonchev–Trinajstić information content (AvgIpc) is 3.19. The summed E-state index contributed by atoms with van der Waals surface area (Å²) in [6.07, 6.45) is 0. The zero-order valence-electron chi connectivity index (χ0n) is 27.5. The van der Waals surface area contributed by atoms with Gasteiger partial charge in [-0.15, -0.1) is 0 Å². The van der Waals surface area contributed by atoms with Crippen molar-refractivity contribution >= 4 is 67.3 Å². The van der Waals surface area contributed by atoms with E-state index < -0.39 is 0 Å². The Bertz CT molecular complexity index is 2640. The number of rotatable bonds is 4. The smallest absolute Gasteiger partial charge is 0.265 e. The van der Waals surface area contributed by atoms with Gasteiger partial charge in [-0.2, -0.15) is 0 Å². The zero-order valence-corrected chi connectivity index (χ0v) is 27.5. The number of amides is 4. The van der Waals surface area contributed by atoms with E-state index in [1.54, 1.807) is 36.4 Å². The first-order valence-corrected chi connectivity index (χ1v) is 17.0. The van der Waals surface area contributed by atoms with Crippen molar-refractivity contribution in [1.29, 1.82) is 0 Å². The van der Waals surface area contributed by atoms with Crippen molar-refractivity contribution in [2.75, 3.05) is 9.80 Å². The zero-order chi connectivity index (χ0) is 35.1. The average molecular weight is 671 g/mol. The van der Waals surface area contributed by atoms with Gasteiger partial charge in [-0.3, -0.25) is 19.2 Å². The van der Waals surface area contributed by atoms with Gasteiger partial charge < -0.3 is 0 Å². The van der Waals surface area contributed by atoms with Crippen molar-refractivity contribution in [3.8, 4) is 22.3 Å². The predicted octanol–water partition coefficient (Wildman–Crippen LogP) is 10.1. The lowest BCUT2D eigenvalue weighted by Crippen LogP contribution is -2.40. The molecule has 0 aliphatic carbocycles. The van der Waals surface area contributed by atoms with E-state index in [1.165, 1.54) is 9.80 Å². The fourth-order valence-corrected chi connectivity index (χ4v) is 8.05. The van der Waals surface area contributed by atoms with Gasteiger partial charge in [0.1, 0.15) is 0 Å². The molecule has 0 bridgehead atoms. The molecule has 0 radical (unpaired) electrons. The highest BCUT2D eigenvalue weighted by Gasteiger charge is 2.36. The van der Waals surface area contributed by atoms with Gasteiger partial charge in [-0.1, -0.05) is 109 Å². The van der Waals surface area contributed by atoms with Crippen LogP contribution in [0.4, 0.5) is 11.4 Å². The second-order valence-electron chi connectivity index (χ2n) is 13.0. The molecule has 0 atom stereocenters. The number of benzene rings is 8. The third-order valence-electron chi connectivity index (χ3n) is 10.3. The lowest BCUT2D eigenvalue weighted by Gasteiger charge is -2.28. The molecule has 0 N–H and O–H groups in total. The maximum Gasteiger partial charge on any atom is 0.265 e. The Labute approximate surface area is 297 Å². The van der Waals surface area contributed by atoms with Crippen molar-refractivity contribution in [1.82, 2.24) is 0 Å². The van der Waals surface area contributed by atoms with Crippen molar-refractivity contribution in [3.05, 3.63) is 180 Å². The molecule has 2 aliphatic heterocycles. The van der Waals surface area contributed by atoms with E-state index in [4.69, 9.17) is 0 Å². The van der Waals surface area contributed by atoms with Gasteiger partial charge in [0, 0.05) is 33.0 Å². The summed E-state index contributed by atoms with van der Waals surface area (Å²) in [7, 11) is 0. The van der Waals surface area contributed by atoms with Gasteiger partial charge in [0.05, 0.1) is 11.4 Å². The Kier molecular flexibility index (Phi) is 6.38. The summed E-state index contributed by atoms with van der Waals surface area (Å²) in [5, 5.41) is 4.93. The van der Waals surface area contributed by atoms with Crippen molar-refractivity contribution in [2.24, 2.45) is 0 Å². The molecule has 0 aromatic heterocycles. The number of fused-ring (bicyclic) bond motifs is 1. The summed E-state index contributed by atoms with van der Waals surface area (Å²) in [5.41, 5.74) is 6.74. The number of carbonyl (C=O) groups is 4. The SMILES string of the molecule is O=C1c2cccc3c(-c4ccc(-c5ccc6c7c(cccc57)C(=O)N(c5ccccc5)C6=O)c5ccccc45)ccc(c23)C(=O)N1c1ccccc1. The van der Waals surface area contributed by atoms with Crippen LogP contribution in [0, 0.1) is 0 Å². The normalized spacial score (nSPS) is 13.8. The van der Waals surface area contributed by atoms with Crippen LogP contribution in [0.2, 0.25) is 0 Å². The minimum Gasteiger partial charge on any atom is -0.268 e. The van der Waals surface area contributed by atoms with Gasteiger partial charge in [-0.05, 0) is 92.3 Å². The molecule has 4 amide bonds. The molecule has 52 heavy (non-hydrogen) atoms. The highest BCUT2D eigenvalue weighted by atomic mass is 16.2. The molecule has 8 aromatic carbocycles. The number of para-hydroxylation sites is 2. The highest BCUT2D eigenvalue weighted by Crippen LogP contribution is 2.44. The van der Waals surface area contributed by atoms with E-state index in [-0.39, 0.29) is 23.6 Å². The Morgan fingerprint density at radius 2 is 0.538 bits per heavy atom. The number of hydrogen-bond donors (Lipinski definition) is 0. The van der Waals surface area contributed by atoms with Crippen LogP contribution >= 0.6 is 0 Å². The van der Waals surface area contributed by atoms with Crippen LogP contribution in [0.5, 0.6) is 0 Å². The summed E-state index contributed by atoms with van der Waals surface area (Å²) >= 11 is 0. The van der Waals surface area contributed by atoms with Gasteiger partial charge in [0.25, 0.3) is 23.6 Å². The standard InChI is InChI=1S/C46H26N2O4/c49-43-37-19-9-17-35-33(23-25-39(41(35)37)45(51)47(43)27-11-3-1-4-12-27)31-21-22-32(30-16-8-7-15-29(30)31)34-24-26-40-42-36(34)18-10-20-38(42)44(50)48(46(40)52)28-13-5-2-6-14-28/h1-26H. The third-order valence-corrected chi connectivity index (χ3v) is 10.3. The minimum atomic E-state index is -0.349. The second kappa shape index (κ2) is 11.2. The molecule has 0 unspecified atom stereocenters. The predicted molar refractivity (Wildman–Crippen MR) is 205 cm³/mol. The lowest BCUT2D eigenvalue weighted by atomic mass is 9.84. The number of hydrogen-bond acceptors (Lipinski definition) is 4. The van der Waals surface area contributed by atoms with Gasteiger partial charge in [0.15, 0.2) is 0 Å². The molecular formula is C46H26N2O4. The molecular weight excluding hydrogens is 645 g/mol.